The molecule has 0 spiro atoms. The first-order valence-corrected chi connectivity index (χ1v) is 7.78. The van der Waals surface area contributed by atoms with Gasteiger partial charge in [0.05, 0.1) is 10.3 Å². The van der Waals surface area contributed by atoms with Crippen LogP contribution in [0.2, 0.25) is 0 Å². The Morgan fingerprint density at radius 3 is 2.67 bits per heavy atom. The van der Waals surface area contributed by atoms with Crippen molar-refractivity contribution in [3.8, 4) is 0 Å². The van der Waals surface area contributed by atoms with Gasteiger partial charge < -0.3 is 9.88 Å². The van der Waals surface area contributed by atoms with Crippen LogP contribution in [0.1, 0.15) is 30.3 Å². The van der Waals surface area contributed by atoms with Gasteiger partial charge in [-0.1, -0.05) is 13.8 Å². The molecule has 2 aromatic rings. The number of hydrogen-bond acceptors (Lipinski definition) is 2. The fraction of sp³-hybridized carbons (Fsp3) is 0.429. The summed E-state index contributed by atoms with van der Waals surface area (Å²) in [5.74, 6) is 0.599. The van der Waals surface area contributed by atoms with E-state index in [1.165, 1.54) is 14.2 Å². The summed E-state index contributed by atoms with van der Waals surface area (Å²) in [5.41, 5.74) is 1.36. The highest BCUT2D eigenvalue weighted by atomic mass is 79.9. The summed E-state index contributed by atoms with van der Waals surface area (Å²) in [6.07, 6.45) is 4.41. The molecule has 2 aromatic heterocycles. The third-order valence-electron chi connectivity index (χ3n) is 3.08. The van der Waals surface area contributed by atoms with Crippen molar-refractivity contribution in [1.29, 1.82) is 0 Å². The SMILES string of the molecule is CNC(c1ccn(Cc2ccc(Br)s2)c1)C(C)C. The molecule has 0 fully saturated rings. The predicted octanol–water partition coefficient (Wildman–Crippen LogP) is 4.28. The Labute approximate surface area is 121 Å². The van der Waals surface area contributed by atoms with Gasteiger partial charge in [-0.15, -0.1) is 11.3 Å². The third kappa shape index (κ3) is 3.25. The van der Waals surface area contributed by atoms with E-state index < -0.39 is 0 Å². The summed E-state index contributed by atoms with van der Waals surface area (Å²) in [4.78, 5) is 1.37. The van der Waals surface area contributed by atoms with Crippen LogP contribution in [0.25, 0.3) is 0 Å². The highest BCUT2D eigenvalue weighted by molar-refractivity contribution is 9.11. The van der Waals surface area contributed by atoms with Crippen molar-refractivity contribution in [2.24, 2.45) is 5.92 Å². The molecule has 0 aliphatic carbocycles. The molecule has 0 saturated heterocycles. The first-order valence-electron chi connectivity index (χ1n) is 6.17. The standard InChI is InChI=1S/C14H19BrN2S/c1-10(2)14(16-3)11-6-7-17(8-11)9-12-4-5-13(15)18-12/h4-8,10,14,16H,9H2,1-3H3. The van der Waals surface area contributed by atoms with Crippen LogP contribution in [0.15, 0.2) is 34.4 Å². The van der Waals surface area contributed by atoms with Crippen LogP contribution in [0.3, 0.4) is 0 Å². The monoisotopic (exact) mass is 326 g/mol. The summed E-state index contributed by atoms with van der Waals surface area (Å²) in [6, 6.07) is 6.92. The summed E-state index contributed by atoms with van der Waals surface area (Å²) in [6.45, 7) is 5.44. The predicted molar refractivity (Wildman–Crippen MR) is 82.2 cm³/mol. The van der Waals surface area contributed by atoms with Crippen LogP contribution in [0, 0.1) is 5.92 Å². The van der Waals surface area contributed by atoms with E-state index in [1.807, 2.05) is 7.05 Å². The summed E-state index contributed by atoms with van der Waals surface area (Å²) in [7, 11) is 2.03. The lowest BCUT2D eigenvalue weighted by atomic mass is 9.99. The molecule has 1 unspecified atom stereocenters. The molecule has 0 radical (unpaired) electrons. The zero-order valence-electron chi connectivity index (χ0n) is 11.0. The topological polar surface area (TPSA) is 17.0 Å². The van der Waals surface area contributed by atoms with Gasteiger partial charge in [-0.25, -0.2) is 0 Å². The van der Waals surface area contributed by atoms with Crippen molar-refractivity contribution in [2.75, 3.05) is 7.05 Å². The Balaban J connectivity index is 2.10. The average molecular weight is 327 g/mol. The second-order valence-corrected chi connectivity index (χ2v) is 7.38. The van der Waals surface area contributed by atoms with E-state index in [2.05, 4.69) is 70.3 Å². The molecule has 0 aromatic carbocycles. The minimum atomic E-state index is 0.432. The lowest BCUT2D eigenvalue weighted by Crippen LogP contribution is -2.21. The smallest absolute Gasteiger partial charge is 0.0702 e. The Morgan fingerprint density at radius 2 is 2.11 bits per heavy atom. The van der Waals surface area contributed by atoms with Crippen molar-refractivity contribution in [2.45, 2.75) is 26.4 Å². The van der Waals surface area contributed by atoms with Crippen molar-refractivity contribution in [3.63, 3.8) is 0 Å². The quantitative estimate of drug-likeness (QED) is 0.867. The molecule has 18 heavy (non-hydrogen) atoms. The van der Waals surface area contributed by atoms with Crippen molar-refractivity contribution < 1.29 is 0 Å². The fourth-order valence-corrected chi connectivity index (χ4v) is 3.74. The Kier molecular flexibility index (Phi) is 4.65. The number of nitrogens with one attached hydrogen (secondary N) is 1. The zero-order valence-corrected chi connectivity index (χ0v) is 13.4. The lowest BCUT2D eigenvalue weighted by Gasteiger charge is -2.18. The van der Waals surface area contributed by atoms with Crippen LogP contribution in [-0.2, 0) is 6.54 Å². The van der Waals surface area contributed by atoms with E-state index in [0.29, 0.717) is 12.0 Å². The van der Waals surface area contributed by atoms with Gasteiger partial charge in [0.25, 0.3) is 0 Å². The van der Waals surface area contributed by atoms with Crippen molar-refractivity contribution in [3.05, 3.63) is 44.8 Å². The van der Waals surface area contributed by atoms with Gasteiger partial charge in [0, 0.05) is 23.3 Å². The minimum absolute atomic E-state index is 0.432. The average Bonchev–Trinajstić information content (AvgIpc) is 2.90. The Hall–Kier alpha value is -0.580. The van der Waals surface area contributed by atoms with Crippen LogP contribution in [-0.4, -0.2) is 11.6 Å². The molecule has 4 heteroatoms. The molecule has 2 nitrogen and oxygen atoms in total. The highest BCUT2D eigenvalue weighted by Crippen LogP contribution is 2.25. The molecule has 1 atom stereocenters. The van der Waals surface area contributed by atoms with Crippen LogP contribution < -0.4 is 5.32 Å². The molecule has 0 saturated carbocycles. The molecular weight excluding hydrogens is 308 g/mol. The van der Waals surface area contributed by atoms with Crippen LogP contribution in [0.4, 0.5) is 0 Å². The van der Waals surface area contributed by atoms with E-state index in [1.54, 1.807) is 11.3 Å². The summed E-state index contributed by atoms with van der Waals surface area (Å²) in [5, 5.41) is 3.38. The second-order valence-electron chi connectivity index (χ2n) is 4.83. The van der Waals surface area contributed by atoms with Crippen LogP contribution >= 0.6 is 27.3 Å². The van der Waals surface area contributed by atoms with Gasteiger partial charge in [0.2, 0.25) is 0 Å². The van der Waals surface area contributed by atoms with Gasteiger partial charge in [-0.2, -0.15) is 0 Å². The van der Waals surface area contributed by atoms with E-state index in [-0.39, 0.29) is 0 Å². The molecule has 0 aliphatic rings. The number of rotatable bonds is 5. The van der Waals surface area contributed by atoms with Gasteiger partial charge in [-0.3, -0.25) is 0 Å². The van der Waals surface area contributed by atoms with Gasteiger partial charge in [0.1, 0.15) is 0 Å². The lowest BCUT2D eigenvalue weighted by molar-refractivity contribution is 0.443. The van der Waals surface area contributed by atoms with Gasteiger partial charge in [-0.05, 0) is 52.7 Å². The maximum Gasteiger partial charge on any atom is 0.0702 e. The fourth-order valence-electron chi connectivity index (χ4n) is 2.24. The zero-order chi connectivity index (χ0) is 13.1. The molecule has 0 aliphatic heterocycles. The number of halogens is 1. The molecular formula is C14H19BrN2S. The van der Waals surface area contributed by atoms with Gasteiger partial charge >= 0.3 is 0 Å². The maximum atomic E-state index is 3.50. The van der Waals surface area contributed by atoms with Crippen LogP contribution in [0.5, 0.6) is 0 Å². The third-order valence-corrected chi connectivity index (χ3v) is 4.69. The Bertz CT molecular complexity index is 501. The largest absolute Gasteiger partial charge is 0.349 e. The van der Waals surface area contributed by atoms with Crippen molar-refractivity contribution in [1.82, 2.24) is 9.88 Å². The summed E-state index contributed by atoms with van der Waals surface area (Å²) >= 11 is 5.30. The minimum Gasteiger partial charge on any atom is -0.349 e. The number of aromatic nitrogens is 1. The van der Waals surface area contributed by atoms with Crippen molar-refractivity contribution >= 4 is 27.3 Å². The van der Waals surface area contributed by atoms with E-state index in [9.17, 15) is 0 Å². The molecule has 0 bridgehead atoms. The molecule has 1 N–H and O–H groups in total. The van der Waals surface area contributed by atoms with E-state index >= 15 is 0 Å². The normalized spacial score (nSPS) is 13.2. The first kappa shape index (κ1) is 13.8. The van der Waals surface area contributed by atoms with Gasteiger partial charge in [0.15, 0.2) is 0 Å². The molecule has 2 rings (SSSR count). The maximum absolute atomic E-state index is 3.50. The summed E-state index contributed by atoms with van der Waals surface area (Å²) < 4.78 is 3.44. The number of hydrogen-bond donors (Lipinski definition) is 1. The molecule has 0 amide bonds. The van der Waals surface area contributed by atoms with E-state index in [0.717, 1.165) is 6.54 Å². The first-order chi connectivity index (χ1) is 8.60. The Morgan fingerprint density at radius 1 is 1.33 bits per heavy atom. The highest BCUT2D eigenvalue weighted by Gasteiger charge is 2.14. The molecule has 2 heterocycles. The molecule has 98 valence electrons. The number of thiophene rings is 1. The number of nitrogens with zero attached hydrogens (tertiary/aromatic N) is 1. The second kappa shape index (κ2) is 6.04. The van der Waals surface area contributed by atoms with E-state index in [4.69, 9.17) is 0 Å².